The van der Waals surface area contributed by atoms with Crippen LogP contribution in [-0.2, 0) is 16.0 Å². The Hall–Kier alpha value is -2.14. The Bertz CT molecular complexity index is 537. The van der Waals surface area contributed by atoms with Crippen LogP contribution in [0.5, 0.6) is 0 Å². The van der Waals surface area contributed by atoms with Crippen molar-refractivity contribution < 1.29 is 13.9 Å². The van der Waals surface area contributed by atoms with Gasteiger partial charge in [-0.15, -0.1) is 0 Å². The standard InChI is InChI=1S/C15H18N2O3/c1-19-10-9-16-14(18)7-8-15-17-11-13(20-15)12-5-3-2-4-6-12/h2-6,11H,7-10H2,1H3,(H,16,18). The van der Waals surface area contributed by atoms with Gasteiger partial charge in [0.15, 0.2) is 11.7 Å². The fourth-order valence-electron chi connectivity index (χ4n) is 1.76. The number of nitrogens with one attached hydrogen (secondary N) is 1. The first kappa shape index (κ1) is 14.3. The number of hydrogen-bond acceptors (Lipinski definition) is 4. The van der Waals surface area contributed by atoms with E-state index in [0.717, 1.165) is 11.3 Å². The first-order valence-corrected chi connectivity index (χ1v) is 6.55. The second-order valence-electron chi connectivity index (χ2n) is 4.33. The monoisotopic (exact) mass is 274 g/mol. The van der Waals surface area contributed by atoms with E-state index in [0.29, 0.717) is 31.9 Å². The lowest BCUT2D eigenvalue weighted by Gasteiger charge is -2.02. The quantitative estimate of drug-likeness (QED) is 0.785. The van der Waals surface area contributed by atoms with E-state index in [4.69, 9.17) is 9.15 Å². The largest absolute Gasteiger partial charge is 0.441 e. The number of carbonyl (C=O) groups is 1. The fourth-order valence-corrected chi connectivity index (χ4v) is 1.76. The molecule has 0 bridgehead atoms. The maximum Gasteiger partial charge on any atom is 0.220 e. The Morgan fingerprint density at radius 2 is 2.15 bits per heavy atom. The Balaban J connectivity index is 1.83. The molecule has 1 aromatic heterocycles. The van der Waals surface area contributed by atoms with Crippen LogP contribution in [-0.4, -0.2) is 31.2 Å². The number of rotatable bonds is 7. The molecule has 1 amide bonds. The van der Waals surface area contributed by atoms with Gasteiger partial charge in [0, 0.05) is 32.1 Å². The zero-order chi connectivity index (χ0) is 14.2. The Labute approximate surface area is 118 Å². The number of carbonyl (C=O) groups excluding carboxylic acids is 1. The fraction of sp³-hybridized carbons (Fsp3) is 0.333. The van der Waals surface area contributed by atoms with Crippen LogP contribution in [0.2, 0.25) is 0 Å². The van der Waals surface area contributed by atoms with Crippen molar-refractivity contribution in [2.45, 2.75) is 12.8 Å². The van der Waals surface area contributed by atoms with Gasteiger partial charge >= 0.3 is 0 Å². The number of aryl methyl sites for hydroxylation is 1. The van der Waals surface area contributed by atoms with Gasteiger partial charge in [0.2, 0.25) is 5.91 Å². The second kappa shape index (κ2) is 7.45. The maximum absolute atomic E-state index is 11.5. The van der Waals surface area contributed by atoms with Gasteiger partial charge in [0.05, 0.1) is 12.8 Å². The predicted molar refractivity (Wildman–Crippen MR) is 75.1 cm³/mol. The third-order valence-corrected chi connectivity index (χ3v) is 2.81. The molecule has 0 saturated heterocycles. The van der Waals surface area contributed by atoms with Gasteiger partial charge in [-0.3, -0.25) is 4.79 Å². The number of amides is 1. The average molecular weight is 274 g/mol. The molecular weight excluding hydrogens is 256 g/mol. The minimum absolute atomic E-state index is 0.0264. The number of oxazole rings is 1. The van der Waals surface area contributed by atoms with Crippen LogP contribution in [0.1, 0.15) is 12.3 Å². The third kappa shape index (κ3) is 4.20. The van der Waals surface area contributed by atoms with Crippen molar-refractivity contribution in [1.29, 1.82) is 0 Å². The summed E-state index contributed by atoms with van der Waals surface area (Å²) in [5, 5.41) is 2.76. The van der Waals surface area contributed by atoms with Crippen LogP contribution in [0.3, 0.4) is 0 Å². The predicted octanol–water partition coefficient (Wildman–Crippen LogP) is 2.04. The molecule has 2 aromatic rings. The van der Waals surface area contributed by atoms with Crippen molar-refractivity contribution in [3.63, 3.8) is 0 Å². The summed E-state index contributed by atoms with van der Waals surface area (Å²) in [6.45, 7) is 1.04. The number of aromatic nitrogens is 1. The lowest BCUT2D eigenvalue weighted by molar-refractivity contribution is -0.121. The molecule has 0 aliphatic carbocycles. The van der Waals surface area contributed by atoms with Crippen molar-refractivity contribution in [3.8, 4) is 11.3 Å². The summed E-state index contributed by atoms with van der Waals surface area (Å²) < 4.78 is 10.5. The highest BCUT2D eigenvalue weighted by Gasteiger charge is 2.08. The van der Waals surface area contributed by atoms with E-state index in [2.05, 4.69) is 10.3 Å². The lowest BCUT2D eigenvalue weighted by Crippen LogP contribution is -2.27. The number of hydrogen-bond donors (Lipinski definition) is 1. The highest BCUT2D eigenvalue weighted by molar-refractivity contribution is 5.76. The van der Waals surface area contributed by atoms with Crippen molar-refractivity contribution >= 4 is 5.91 Å². The Morgan fingerprint density at radius 3 is 2.90 bits per heavy atom. The van der Waals surface area contributed by atoms with Crippen LogP contribution in [0, 0.1) is 0 Å². The van der Waals surface area contributed by atoms with Crippen molar-refractivity contribution in [2.24, 2.45) is 0 Å². The summed E-state index contributed by atoms with van der Waals surface area (Å²) >= 11 is 0. The van der Waals surface area contributed by atoms with Gasteiger partial charge in [-0.1, -0.05) is 30.3 Å². The number of benzene rings is 1. The molecule has 20 heavy (non-hydrogen) atoms. The first-order chi connectivity index (χ1) is 9.79. The molecule has 0 atom stereocenters. The molecule has 0 radical (unpaired) electrons. The van der Waals surface area contributed by atoms with Crippen molar-refractivity contribution in [1.82, 2.24) is 10.3 Å². The number of nitrogens with zero attached hydrogens (tertiary/aromatic N) is 1. The van der Waals surface area contributed by atoms with Crippen LogP contribution in [0.25, 0.3) is 11.3 Å². The summed E-state index contributed by atoms with van der Waals surface area (Å²) in [5.74, 6) is 1.27. The van der Waals surface area contributed by atoms with E-state index in [1.165, 1.54) is 0 Å². The van der Waals surface area contributed by atoms with Gasteiger partial charge in [-0.25, -0.2) is 4.98 Å². The molecule has 5 nitrogen and oxygen atoms in total. The molecule has 1 heterocycles. The van der Waals surface area contributed by atoms with Crippen LogP contribution < -0.4 is 5.32 Å². The third-order valence-electron chi connectivity index (χ3n) is 2.81. The van der Waals surface area contributed by atoms with Gasteiger partial charge in [0.1, 0.15) is 0 Å². The highest BCUT2D eigenvalue weighted by Crippen LogP contribution is 2.20. The van der Waals surface area contributed by atoms with E-state index in [1.807, 2.05) is 30.3 Å². The summed E-state index contributed by atoms with van der Waals surface area (Å²) in [4.78, 5) is 15.7. The lowest BCUT2D eigenvalue weighted by atomic mass is 10.2. The van der Waals surface area contributed by atoms with E-state index >= 15 is 0 Å². The van der Waals surface area contributed by atoms with Crippen LogP contribution in [0.4, 0.5) is 0 Å². The maximum atomic E-state index is 11.5. The Morgan fingerprint density at radius 1 is 1.35 bits per heavy atom. The number of ether oxygens (including phenoxy) is 1. The molecule has 0 aliphatic heterocycles. The smallest absolute Gasteiger partial charge is 0.220 e. The molecule has 0 unspecified atom stereocenters. The molecular formula is C15H18N2O3. The summed E-state index contributed by atoms with van der Waals surface area (Å²) in [6.07, 6.45) is 2.54. The molecule has 0 spiro atoms. The minimum atomic E-state index is -0.0264. The summed E-state index contributed by atoms with van der Waals surface area (Å²) in [5.41, 5.74) is 0.982. The van der Waals surface area contributed by atoms with Crippen molar-refractivity contribution in [3.05, 3.63) is 42.4 Å². The van der Waals surface area contributed by atoms with E-state index in [9.17, 15) is 4.79 Å². The molecule has 0 saturated carbocycles. The SMILES string of the molecule is COCCNC(=O)CCc1ncc(-c2ccccc2)o1. The van der Waals surface area contributed by atoms with E-state index in [-0.39, 0.29) is 5.91 Å². The molecule has 1 N–H and O–H groups in total. The second-order valence-corrected chi connectivity index (χ2v) is 4.33. The molecule has 0 aliphatic rings. The van der Waals surface area contributed by atoms with Gasteiger partial charge in [0.25, 0.3) is 0 Å². The highest BCUT2D eigenvalue weighted by atomic mass is 16.5. The average Bonchev–Trinajstić information content (AvgIpc) is 2.95. The molecule has 2 rings (SSSR count). The molecule has 5 heteroatoms. The first-order valence-electron chi connectivity index (χ1n) is 6.55. The zero-order valence-electron chi connectivity index (χ0n) is 11.5. The molecule has 1 aromatic carbocycles. The van der Waals surface area contributed by atoms with Crippen LogP contribution in [0.15, 0.2) is 40.9 Å². The van der Waals surface area contributed by atoms with E-state index in [1.54, 1.807) is 13.3 Å². The van der Waals surface area contributed by atoms with Crippen LogP contribution >= 0.6 is 0 Å². The zero-order valence-corrected chi connectivity index (χ0v) is 11.5. The normalized spacial score (nSPS) is 10.4. The van der Waals surface area contributed by atoms with Gasteiger partial charge < -0.3 is 14.5 Å². The molecule has 0 fully saturated rings. The molecule has 106 valence electrons. The Kier molecular flexibility index (Phi) is 5.32. The summed E-state index contributed by atoms with van der Waals surface area (Å²) in [6, 6.07) is 9.76. The van der Waals surface area contributed by atoms with Gasteiger partial charge in [-0.05, 0) is 0 Å². The number of methoxy groups -OCH3 is 1. The summed E-state index contributed by atoms with van der Waals surface area (Å²) in [7, 11) is 1.60. The van der Waals surface area contributed by atoms with Gasteiger partial charge in [-0.2, -0.15) is 0 Å². The topological polar surface area (TPSA) is 64.4 Å². The minimum Gasteiger partial charge on any atom is -0.441 e. The van der Waals surface area contributed by atoms with Crippen molar-refractivity contribution in [2.75, 3.05) is 20.3 Å². The van der Waals surface area contributed by atoms with E-state index < -0.39 is 0 Å².